The topological polar surface area (TPSA) is 63.6 Å². The molecule has 0 aromatic heterocycles. The summed E-state index contributed by atoms with van der Waals surface area (Å²) in [5, 5.41) is 10.1. The molecule has 4 nitrogen and oxygen atoms in total. The van der Waals surface area contributed by atoms with Crippen LogP contribution in [-0.2, 0) is 14.3 Å². The Morgan fingerprint density at radius 2 is 1.89 bits per heavy atom. The highest BCUT2D eigenvalue weighted by Gasteiger charge is 2.42. The number of esters is 1. The van der Waals surface area contributed by atoms with Crippen molar-refractivity contribution >= 4 is 17.3 Å². The number of carbonyl (C=O) groups excluding carboxylic acids is 2. The van der Waals surface area contributed by atoms with E-state index < -0.39 is 18.0 Å². The van der Waals surface area contributed by atoms with Gasteiger partial charge in [-0.05, 0) is 5.56 Å². The lowest BCUT2D eigenvalue weighted by molar-refractivity contribution is -0.137. The normalized spacial score (nSPS) is 23.4. The van der Waals surface area contributed by atoms with Gasteiger partial charge in [-0.15, -0.1) is 0 Å². The van der Waals surface area contributed by atoms with Crippen LogP contribution in [-0.4, -0.2) is 30.1 Å². The number of benzene rings is 1. The van der Waals surface area contributed by atoms with E-state index in [2.05, 4.69) is 4.74 Å². The molecule has 0 heterocycles. The van der Waals surface area contributed by atoms with Gasteiger partial charge in [0.25, 0.3) is 0 Å². The molecule has 1 N–H and O–H groups in total. The Bertz CT molecular complexity index is 516. The molecule has 0 bridgehead atoms. The minimum absolute atomic E-state index is 0.0382. The molecule has 0 amide bonds. The second-order valence-corrected chi connectivity index (χ2v) is 4.24. The highest BCUT2D eigenvalue weighted by molar-refractivity contribution is 6.27. The molecule has 94 valence electrons. The van der Waals surface area contributed by atoms with Gasteiger partial charge in [0.05, 0.1) is 19.1 Å². The molecule has 1 aliphatic rings. The van der Waals surface area contributed by atoms with Crippen molar-refractivity contribution in [1.29, 1.82) is 0 Å². The van der Waals surface area contributed by atoms with Crippen molar-refractivity contribution in [3.8, 4) is 0 Å². The molecule has 0 radical (unpaired) electrons. The van der Waals surface area contributed by atoms with Gasteiger partial charge in [-0.1, -0.05) is 37.3 Å². The maximum Gasteiger partial charge on any atom is 0.341 e. The summed E-state index contributed by atoms with van der Waals surface area (Å²) in [6.45, 7) is 1.60. The largest absolute Gasteiger partial charge is 0.465 e. The number of methoxy groups -OCH3 is 1. The number of ether oxygens (including phenoxy) is 1. The van der Waals surface area contributed by atoms with E-state index in [-0.39, 0.29) is 11.4 Å². The molecule has 18 heavy (non-hydrogen) atoms. The molecule has 0 spiro atoms. The van der Waals surface area contributed by atoms with E-state index in [0.29, 0.717) is 11.1 Å². The number of aliphatic hydroxyl groups is 1. The van der Waals surface area contributed by atoms with Crippen LogP contribution in [0.1, 0.15) is 12.5 Å². The number of hydrogen-bond acceptors (Lipinski definition) is 4. The van der Waals surface area contributed by atoms with Crippen molar-refractivity contribution in [2.75, 3.05) is 7.11 Å². The Kier molecular flexibility index (Phi) is 3.30. The van der Waals surface area contributed by atoms with Gasteiger partial charge in [-0.2, -0.15) is 0 Å². The molecule has 1 aromatic carbocycles. The van der Waals surface area contributed by atoms with Gasteiger partial charge in [-0.25, -0.2) is 4.79 Å². The van der Waals surface area contributed by atoms with Crippen molar-refractivity contribution in [1.82, 2.24) is 0 Å². The van der Waals surface area contributed by atoms with E-state index in [1.165, 1.54) is 7.11 Å². The van der Waals surface area contributed by atoms with Gasteiger partial charge < -0.3 is 9.84 Å². The summed E-state index contributed by atoms with van der Waals surface area (Å²) in [5.74, 6) is -1.68. The van der Waals surface area contributed by atoms with Gasteiger partial charge in [0, 0.05) is 5.57 Å². The minimum Gasteiger partial charge on any atom is -0.465 e. The zero-order chi connectivity index (χ0) is 13.3. The second kappa shape index (κ2) is 4.74. The number of aliphatic hydroxyl groups excluding tert-OH is 1. The van der Waals surface area contributed by atoms with Gasteiger partial charge in [0.2, 0.25) is 0 Å². The maximum atomic E-state index is 12.0. The highest BCUT2D eigenvalue weighted by Crippen LogP contribution is 2.36. The van der Waals surface area contributed by atoms with Crippen LogP contribution in [0.3, 0.4) is 0 Å². The Morgan fingerprint density at radius 1 is 1.28 bits per heavy atom. The van der Waals surface area contributed by atoms with Crippen LogP contribution >= 0.6 is 0 Å². The molecular weight excluding hydrogens is 232 g/mol. The van der Waals surface area contributed by atoms with E-state index >= 15 is 0 Å². The fourth-order valence-electron chi connectivity index (χ4n) is 2.15. The lowest BCUT2D eigenvalue weighted by atomic mass is 9.98. The molecule has 4 heteroatoms. The van der Waals surface area contributed by atoms with Crippen molar-refractivity contribution in [3.05, 3.63) is 41.5 Å². The molecular formula is C14H14O4. The molecule has 2 rings (SSSR count). The van der Waals surface area contributed by atoms with Crippen LogP contribution < -0.4 is 0 Å². The Morgan fingerprint density at radius 3 is 2.44 bits per heavy atom. The summed E-state index contributed by atoms with van der Waals surface area (Å²) >= 11 is 0. The summed E-state index contributed by atoms with van der Waals surface area (Å²) < 4.78 is 4.62. The van der Waals surface area contributed by atoms with Crippen molar-refractivity contribution in [2.24, 2.45) is 5.92 Å². The number of ketones is 1. The molecule has 1 aromatic rings. The second-order valence-electron chi connectivity index (χ2n) is 4.24. The third-order valence-electron chi connectivity index (χ3n) is 3.17. The number of rotatable bonds is 2. The third kappa shape index (κ3) is 1.84. The maximum absolute atomic E-state index is 12.0. The van der Waals surface area contributed by atoms with Crippen LogP contribution in [0.5, 0.6) is 0 Å². The predicted molar refractivity (Wildman–Crippen MR) is 65.6 cm³/mol. The molecule has 0 fully saturated rings. The van der Waals surface area contributed by atoms with Gasteiger partial charge >= 0.3 is 5.97 Å². The average Bonchev–Trinajstić information content (AvgIpc) is 2.63. The molecule has 1 aliphatic carbocycles. The van der Waals surface area contributed by atoms with Crippen LogP contribution in [0.15, 0.2) is 35.9 Å². The quantitative estimate of drug-likeness (QED) is 0.629. The zero-order valence-corrected chi connectivity index (χ0v) is 10.2. The summed E-state index contributed by atoms with van der Waals surface area (Å²) in [7, 11) is 1.22. The number of Topliss-reactive ketones (excluding diaryl/α,β-unsaturated/α-hetero) is 1. The smallest absolute Gasteiger partial charge is 0.341 e. The molecule has 0 saturated carbocycles. The lowest BCUT2D eigenvalue weighted by Gasteiger charge is -2.12. The van der Waals surface area contributed by atoms with E-state index in [1.807, 2.05) is 6.07 Å². The summed E-state index contributed by atoms with van der Waals surface area (Å²) in [4.78, 5) is 23.7. The first-order chi connectivity index (χ1) is 8.57. The lowest BCUT2D eigenvalue weighted by Crippen LogP contribution is -2.19. The fourth-order valence-corrected chi connectivity index (χ4v) is 2.15. The Labute approximate surface area is 105 Å². The van der Waals surface area contributed by atoms with Gasteiger partial charge in [0.1, 0.15) is 5.57 Å². The average molecular weight is 246 g/mol. The van der Waals surface area contributed by atoms with Crippen LogP contribution in [0, 0.1) is 5.92 Å². The molecule has 0 aliphatic heterocycles. The highest BCUT2D eigenvalue weighted by atomic mass is 16.5. The summed E-state index contributed by atoms with van der Waals surface area (Å²) in [6.07, 6.45) is -0.964. The van der Waals surface area contributed by atoms with E-state index in [1.54, 1.807) is 31.2 Å². The van der Waals surface area contributed by atoms with Crippen molar-refractivity contribution in [2.45, 2.75) is 13.0 Å². The van der Waals surface area contributed by atoms with E-state index in [9.17, 15) is 14.7 Å². The Balaban J connectivity index is 2.60. The van der Waals surface area contributed by atoms with Crippen LogP contribution in [0.4, 0.5) is 0 Å². The molecule has 0 unspecified atom stereocenters. The first kappa shape index (κ1) is 12.5. The summed E-state index contributed by atoms with van der Waals surface area (Å²) in [6, 6.07) is 8.92. The van der Waals surface area contributed by atoms with Crippen LogP contribution in [0.2, 0.25) is 0 Å². The number of carbonyl (C=O) groups is 2. The van der Waals surface area contributed by atoms with Gasteiger partial charge in [-0.3, -0.25) is 4.79 Å². The molecule has 0 saturated heterocycles. The van der Waals surface area contributed by atoms with Crippen molar-refractivity contribution < 1.29 is 19.4 Å². The Hall–Kier alpha value is -1.94. The minimum atomic E-state index is -0.964. The zero-order valence-electron chi connectivity index (χ0n) is 10.2. The summed E-state index contributed by atoms with van der Waals surface area (Å²) in [5.41, 5.74) is 0.992. The predicted octanol–water partition coefficient (Wildman–Crippen LogP) is 1.19. The third-order valence-corrected chi connectivity index (χ3v) is 3.17. The first-order valence-electron chi connectivity index (χ1n) is 5.68. The monoisotopic (exact) mass is 246 g/mol. The molecule has 2 atom stereocenters. The van der Waals surface area contributed by atoms with Crippen LogP contribution in [0.25, 0.3) is 5.57 Å². The van der Waals surface area contributed by atoms with Crippen molar-refractivity contribution in [3.63, 3.8) is 0 Å². The van der Waals surface area contributed by atoms with E-state index in [4.69, 9.17) is 0 Å². The SMILES string of the molecule is COC(=O)C1=C(c2ccccc2)[C@@H](O)[C@H](C)C1=O. The van der Waals surface area contributed by atoms with E-state index in [0.717, 1.165) is 0 Å². The first-order valence-corrected chi connectivity index (χ1v) is 5.68. The standard InChI is InChI=1S/C14H14O4/c1-8-12(15)10(9-6-4-3-5-7-9)11(13(8)16)14(17)18-2/h3-8,12,15H,1-2H3/t8-,12-/m0/s1. The number of hydrogen-bond donors (Lipinski definition) is 1. The van der Waals surface area contributed by atoms with Gasteiger partial charge in [0.15, 0.2) is 5.78 Å². The fraction of sp³-hybridized carbons (Fsp3) is 0.286.